The van der Waals surface area contributed by atoms with Crippen molar-refractivity contribution in [3.8, 4) is 11.5 Å². The van der Waals surface area contributed by atoms with Gasteiger partial charge in [-0.1, -0.05) is 48.5 Å². The quantitative estimate of drug-likeness (QED) is 0.609. The van der Waals surface area contributed by atoms with Gasteiger partial charge >= 0.3 is 0 Å². The Kier molecular flexibility index (Phi) is 5.32. The van der Waals surface area contributed by atoms with Crippen molar-refractivity contribution in [1.29, 1.82) is 0 Å². The van der Waals surface area contributed by atoms with Crippen molar-refractivity contribution in [2.75, 3.05) is 26.7 Å². The Bertz CT molecular complexity index is 1030. The third-order valence-electron chi connectivity index (χ3n) is 6.59. The molecule has 2 fully saturated rings. The van der Waals surface area contributed by atoms with Gasteiger partial charge in [-0.05, 0) is 44.0 Å². The molecule has 0 N–H and O–H groups in total. The Labute approximate surface area is 182 Å². The van der Waals surface area contributed by atoms with Gasteiger partial charge in [0.1, 0.15) is 0 Å². The lowest BCUT2D eigenvalue weighted by Gasteiger charge is -2.48. The summed E-state index contributed by atoms with van der Waals surface area (Å²) in [5, 5.41) is 8.58. The molecule has 0 saturated carbocycles. The molecular formula is C25H28N4O2. The van der Waals surface area contributed by atoms with Crippen molar-refractivity contribution in [2.45, 2.75) is 31.7 Å². The lowest BCUT2D eigenvalue weighted by molar-refractivity contribution is -0.142. The fourth-order valence-corrected chi connectivity index (χ4v) is 5.03. The molecule has 3 heterocycles. The first-order valence-corrected chi connectivity index (χ1v) is 11.0. The first-order valence-electron chi connectivity index (χ1n) is 11.0. The summed E-state index contributed by atoms with van der Waals surface area (Å²) < 4.78 is 6.01. The molecule has 160 valence electrons. The molecule has 2 aliphatic rings. The molecular weight excluding hydrogens is 388 g/mol. The van der Waals surface area contributed by atoms with Crippen LogP contribution in [0.4, 0.5) is 0 Å². The number of nitrogens with zero attached hydrogens (tertiary/aromatic N) is 4. The molecule has 1 spiro atoms. The highest BCUT2D eigenvalue weighted by atomic mass is 16.4. The Hall–Kier alpha value is -2.99. The summed E-state index contributed by atoms with van der Waals surface area (Å²) in [6, 6.07) is 20.3. The van der Waals surface area contributed by atoms with Crippen molar-refractivity contribution in [2.24, 2.45) is 5.41 Å². The van der Waals surface area contributed by atoms with Crippen LogP contribution in [0.15, 0.2) is 65.1 Å². The summed E-state index contributed by atoms with van der Waals surface area (Å²) in [7, 11) is 2.11. The van der Waals surface area contributed by atoms with Crippen LogP contribution < -0.4 is 0 Å². The molecule has 1 atom stereocenters. The minimum absolute atomic E-state index is 0.111. The molecule has 1 unspecified atom stereocenters. The number of carbonyl (C=O) groups is 1. The van der Waals surface area contributed by atoms with E-state index in [1.54, 1.807) is 0 Å². The van der Waals surface area contributed by atoms with Crippen LogP contribution in [0, 0.1) is 5.41 Å². The van der Waals surface area contributed by atoms with Crippen LogP contribution in [0.3, 0.4) is 0 Å². The van der Waals surface area contributed by atoms with Crippen LogP contribution in [-0.2, 0) is 11.2 Å². The average molecular weight is 417 g/mol. The van der Waals surface area contributed by atoms with Gasteiger partial charge in [0.2, 0.25) is 17.7 Å². The molecule has 31 heavy (non-hydrogen) atoms. The standard InChI is InChI=1S/C25H28N4O2/c1-28-16-25(15-21(28)24-27-26-23(31-24)20-12-6-3-7-13-20)17-29(18-25)22(30)14-8-11-19-9-4-2-5-10-19/h2-7,9-10,12-13,21H,8,11,14-18H2,1H3. The van der Waals surface area contributed by atoms with Gasteiger partial charge in [0.05, 0.1) is 6.04 Å². The fraction of sp³-hybridized carbons (Fsp3) is 0.400. The van der Waals surface area contributed by atoms with E-state index in [1.807, 2.05) is 41.3 Å². The van der Waals surface area contributed by atoms with Gasteiger partial charge in [-0.3, -0.25) is 9.69 Å². The number of benzene rings is 2. The first kappa shape index (κ1) is 19.9. The van der Waals surface area contributed by atoms with Gasteiger partial charge in [0.15, 0.2) is 0 Å². The Morgan fingerprint density at radius 3 is 2.48 bits per heavy atom. The average Bonchev–Trinajstić information content (AvgIpc) is 3.39. The van der Waals surface area contributed by atoms with E-state index in [1.165, 1.54) is 5.56 Å². The zero-order valence-corrected chi connectivity index (χ0v) is 17.9. The summed E-state index contributed by atoms with van der Waals surface area (Å²) in [4.78, 5) is 16.9. The molecule has 0 aliphatic carbocycles. The maximum absolute atomic E-state index is 12.6. The lowest BCUT2D eigenvalue weighted by Crippen LogP contribution is -2.59. The number of likely N-dealkylation sites (tertiary alicyclic amines) is 2. The van der Waals surface area contributed by atoms with E-state index in [2.05, 4.69) is 46.4 Å². The Morgan fingerprint density at radius 1 is 1.03 bits per heavy atom. The van der Waals surface area contributed by atoms with E-state index in [0.717, 1.165) is 44.5 Å². The van der Waals surface area contributed by atoms with Crippen molar-refractivity contribution in [1.82, 2.24) is 20.0 Å². The number of aromatic nitrogens is 2. The summed E-state index contributed by atoms with van der Waals surface area (Å²) in [5.74, 6) is 1.51. The molecule has 6 nitrogen and oxygen atoms in total. The van der Waals surface area contributed by atoms with E-state index in [0.29, 0.717) is 18.2 Å². The minimum Gasteiger partial charge on any atom is -0.419 e. The zero-order chi connectivity index (χ0) is 21.3. The monoisotopic (exact) mass is 416 g/mol. The van der Waals surface area contributed by atoms with Crippen LogP contribution in [0.5, 0.6) is 0 Å². The SMILES string of the molecule is CN1CC2(CC1c1nnc(-c3ccccc3)o1)CN(C(=O)CCCc1ccccc1)C2. The number of hydrogen-bond acceptors (Lipinski definition) is 5. The molecule has 0 radical (unpaired) electrons. The van der Waals surface area contributed by atoms with E-state index in [4.69, 9.17) is 4.42 Å². The van der Waals surface area contributed by atoms with E-state index in [-0.39, 0.29) is 17.4 Å². The third kappa shape index (κ3) is 4.12. The van der Waals surface area contributed by atoms with E-state index in [9.17, 15) is 4.79 Å². The normalized spacial score (nSPS) is 20.2. The van der Waals surface area contributed by atoms with Crippen LogP contribution >= 0.6 is 0 Å². The molecule has 1 amide bonds. The van der Waals surface area contributed by atoms with Gasteiger partial charge in [-0.15, -0.1) is 10.2 Å². The highest BCUT2D eigenvalue weighted by Crippen LogP contribution is 2.47. The van der Waals surface area contributed by atoms with Crippen molar-refractivity contribution >= 4 is 5.91 Å². The maximum atomic E-state index is 12.6. The molecule has 6 heteroatoms. The molecule has 3 aromatic rings. The second kappa shape index (κ2) is 8.27. The van der Waals surface area contributed by atoms with Crippen molar-refractivity contribution < 1.29 is 9.21 Å². The number of aryl methyl sites for hydroxylation is 1. The van der Waals surface area contributed by atoms with Gasteiger partial charge in [0, 0.05) is 37.0 Å². The summed E-state index contributed by atoms with van der Waals surface area (Å²) in [6.07, 6.45) is 3.43. The summed E-state index contributed by atoms with van der Waals surface area (Å²) in [5.41, 5.74) is 2.38. The Balaban J connectivity index is 1.15. The molecule has 5 rings (SSSR count). The lowest BCUT2D eigenvalue weighted by atomic mass is 9.77. The van der Waals surface area contributed by atoms with Gasteiger partial charge in [-0.2, -0.15) is 0 Å². The van der Waals surface area contributed by atoms with E-state index < -0.39 is 0 Å². The molecule has 1 aromatic heterocycles. The summed E-state index contributed by atoms with van der Waals surface area (Å²) in [6.45, 7) is 2.61. The molecule has 0 bridgehead atoms. The van der Waals surface area contributed by atoms with E-state index >= 15 is 0 Å². The summed E-state index contributed by atoms with van der Waals surface area (Å²) >= 11 is 0. The van der Waals surface area contributed by atoms with Crippen molar-refractivity contribution in [3.05, 3.63) is 72.1 Å². The predicted octanol–water partition coefficient (Wildman–Crippen LogP) is 3.96. The zero-order valence-electron chi connectivity index (χ0n) is 17.9. The largest absolute Gasteiger partial charge is 0.419 e. The highest BCUT2D eigenvalue weighted by Gasteiger charge is 2.53. The van der Waals surface area contributed by atoms with Gasteiger partial charge < -0.3 is 9.32 Å². The number of amides is 1. The molecule has 2 saturated heterocycles. The molecule has 2 aliphatic heterocycles. The third-order valence-corrected chi connectivity index (χ3v) is 6.59. The number of rotatable bonds is 6. The minimum atomic E-state index is 0.111. The highest BCUT2D eigenvalue weighted by molar-refractivity contribution is 5.77. The molecule has 2 aromatic carbocycles. The van der Waals surface area contributed by atoms with Crippen LogP contribution in [0.25, 0.3) is 11.5 Å². The number of hydrogen-bond donors (Lipinski definition) is 0. The van der Waals surface area contributed by atoms with Crippen LogP contribution in [-0.4, -0.2) is 52.6 Å². The smallest absolute Gasteiger partial charge is 0.247 e. The predicted molar refractivity (Wildman–Crippen MR) is 118 cm³/mol. The first-order chi connectivity index (χ1) is 15.1. The second-order valence-electron chi connectivity index (χ2n) is 9.04. The fourth-order valence-electron chi connectivity index (χ4n) is 5.03. The van der Waals surface area contributed by atoms with Crippen molar-refractivity contribution in [3.63, 3.8) is 0 Å². The maximum Gasteiger partial charge on any atom is 0.247 e. The number of carbonyl (C=O) groups excluding carboxylic acids is 1. The van der Waals surface area contributed by atoms with Crippen LogP contribution in [0.1, 0.15) is 36.8 Å². The van der Waals surface area contributed by atoms with Gasteiger partial charge in [0.25, 0.3) is 0 Å². The Morgan fingerprint density at radius 2 is 1.74 bits per heavy atom. The van der Waals surface area contributed by atoms with Crippen LogP contribution in [0.2, 0.25) is 0 Å². The second-order valence-corrected chi connectivity index (χ2v) is 9.04. The topological polar surface area (TPSA) is 62.5 Å². The van der Waals surface area contributed by atoms with Gasteiger partial charge in [-0.25, -0.2) is 0 Å².